The molecule has 26 heavy (non-hydrogen) atoms. The van der Waals surface area contributed by atoms with Gasteiger partial charge in [0.25, 0.3) is 17.4 Å². The summed E-state index contributed by atoms with van der Waals surface area (Å²) in [6.07, 6.45) is 1.63. The van der Waals surface area contributed by atoms with Crippen LogP contribution in [0.15, 0.2) is 29.1 Å². The van der Waals surface area contributed by atoms with Crippen LogP contribution in [0.4, 0.5) is 11.5 Å². The molecule has 0 saturated heterocycles. The predicted octanol–water partition coefficient (Wildman–Crippen LogP) is -0.375. The van der Waals surface area contributed by atoms with Crippen molar-refractivity contribution in [1.82, 2.24) is 9.88 Å². The normalized spacial score (nSPS) is 15.8. The lowest BCUT2D eigenvalue weighted by atomic mass is 10.1. The minimum Gasteiger partial charge on any atom is -0.384 e. The fourth-order valence-electron chi connectivity index (χ4n) is 3.39. The van der Waals surface area contributed by atoms with Crippen LogP contribution in [0.1, 0.15) is 26.3 Å². The lowest BCUT2D eigenvalue weighted by Gasteiger charge is -2.17. The molecule has 0 bridgehead atoms. The third-order valence-corrected chi connectivity index (χ3v) is 5.71. The van der Waals surface area contributed by atoms with Gasteiger partial charge >= 0.3 is 0 Å². The maximum absolute atomic E-state index is 12.5. The van der Waals surface area contributed by atoms with Gasteiger partial charge in [0.1, 0.15) is 5.82 Å². The molecule has 2 aliphatic rings. The number of hydrogen-bond donors (Lipinski definition) is 2. The maximum atomic E-state index is 12.5. The number of imide groups is 1. The van der Waals surface area contributed by atoms with Crippen LogP contribution in [0.2, 0.25) is 0 Å². The number of carbonyl (C=O) groups is 2. The van der Waals surface area contributed by atoms with E-state index in [4.69, 9.17) is 5.73 Å². The van der Waals surface area contributed by atoms with E-state index in [1.54, 1.807) is 18.2 Å². The van der Waals surface area contributed by atoms with Gasteiger partial charge in [0.05, 0.1) is 28.8 Å². The number of nitrogens with zero attached hydrogens (tertiary/aromatic N) is 2. The van der Waals surface area contributed by atoms with Gasteiger partial charge in [0.15, 0.2) is 0 Å². The summed E-state index contributed by atoms with van der Waals surface area (Å²) in [7, 11) is -3.38. The monoisotopic (exact) mass is 374 g/mol. The van der Waals surface area contributed by atoms with Gasteiger partial charge in [0, 0.05) is 12.6 Å². The molecule has 3 heterocycles. The van der Waals surface area contributed by atoms with E-state index in [9.17, 15) is 22.8 Å². The second kappa shape index (κ2) is 5.18. The first-order valence-corrected chi connectivity index (χ1v) is 9.55. The number of hydrogen-bond acceptors (Lipinski definition) is 6. The molecule has 134 valence electrons. The first kappa shape index (κ1) is 16.3. The molecule has 0 fully saturated rings. The van der Waals surface area contributed by atoms with E-state index in [0.29, 0.717) is 24.3 Å². The number of carbonyl (C=O) groups excluding carboxylic acids is 2. The van der Waals surface area contributed by atoms with Crippen molar-refractivity contribution in [1.29, 1.82) is 0 Å². The van der Waals surface area contributed by atoms with E-state index in [-0.39, 0.29) is 16.9 Å². The van der Waals surface area contributed by atoms with Crippen molar-refractivity contribution >= 4 is 33.3 Å². The molecular formula is C16H14N4O5S. The first-order valence-electron chi connectivity index (χ1n) is 7.70. The molecule has 1 aromatic heterocycles. The average molecular weight is 374 g/mol. The first-order chi connectivity index (χ1) is 12.2. The molecular weight excluding hydrogens is 360 g/mol. The van der Waals surface area contributed by atoms with Crippen LogP contribution in [-0.2, 0) is 16.4 Å². The summed E-state index contributed by atoms with van der Waals surface area (Å²) in [5.41, 5.74) is 7.08. The van der Waals surface area contributed by atoms with E-state index in [2.05, 4.69) is 5.32 Å². The third-order valence-electron chi connectivity index (χ3n) is 4.53. The van der Waals surface area contributed by atoms with Gasteiger partial charge in [-0.25, -0.2) is 8.42 Å². The number of nitrogens with one attached hydrogen (secondary N) is 1. The number of rotatable bonds is 2. The Kier molecular flexibility index (Phi) is 3.25. The Morgan fingerprint density at radius 3 is 2.54 bits per heavy atom. The van der Waals surface area contributed by atoms with E-state index < -0.39 is 27.4 Å². The Morgan fingerprint density at radius 1 is 1.12 bits per heavy atom. The number of nitrogens with two attached hydrogens (primary N) is 1. The smallest absolute Gasteiger partial charge is 0.262 e. The van der Waals surface area contributed by atoms with Crippen LogP contribution in [0, 0.1) is 0 Å². The molecule has 2 aromatic rings. The lowest BCUT2D eigenvalue weighted by Crippen LogP contribution is -2.27. The summed E-state index contributed by atoms with van der Waals surface area (Å²) in [6, 6.07) is 5.89. The molecule has 2 amide bonds. The predicted molar refractivity (Wildman–Crippen MR) is 94.1 cm³/mol. The van der Waals surface area contributed by atoms with E-state index in [1.165, 1.54) is 4.31 Å². The summed E-state index contributed by atoms with van der Waals surface area (Å²) in [6.45, 7) is 0.323. The number of nitrogen functional groups attached to an aromatic ring is 1. The zero-order valence-corrected chi connectivity index (χ0v) is 14.5. The van der Waals surface area contributed by atoms with Gasteiger partial charge in [-0.05, 0) is 30.2 Å². The summed E-state index contributed by atoms with van der Waals surface area (Å²) in [5.74, 6) is -1.44. The highest BCUT2D eigenvalue weighted by molar-refractivity contribution is 7.92. The van der Waals surface area contributed by atoms with Crippen molar-refractivity contribution < 1.29 is 18.0 Å². The Bertz CT molecular complexity index is 1170. The van der Waals surface area contributed by atoms with Crippen LogP contribution in [-0.4, -0.2) is 37.6 Å². The number of fused-ring (bicyclic) bond motifs is 2. The van der Waals surface area contributed by atoms with Crippen molar-refractivity contribution in [2.45, 2.75) is 6.42 Å². The number of sulfonamides is 1. The minimum atomic E-state index is -3.38. The van der Waals surface area contributed by atoms with Gasteiger partial charge in [-0.1, -0.05) is 0 Å². The lowest BCUT2D eigenvalue weighted by molar-refractivity contribution is 0.0880. The van der Waals surface area contributed by atoms with E-state index in [0.717, 1.165) is 22.5 Å². The van der Waals surface area contributed by atoms with Crippen LogP contribution in [0.3, 0.4) is 0 Å². The summed E-state index contributed by atoms with van der Waals surface area (Å²) in [4.78, 5) is 36.1. The average Bonchev–Trinajstić information content (AvgIpc) is 3.08. The topological polar surface area (TPSA) is 132 Å². The van der Waals surface area contributed by atoms with E-state index >= 15 is 0 Å². The summed E-state index contributed by atoms with van der Waals surface area (Å²) >= 11 is 0. The molecule has 10 heteroatoms. The van der Waals surface area contributed by atoms with Gasteiger partial charge in [-0.2, -0.15) is 0 Å². The van der Waals surface area contributed by atoms with Crippen molar-refractivity contribution in [3.63, 3.8) is 0 Å². The molecule has 0 atom stereocenters. The Balaban J connectivity index is 1.89. The van der Waals surface area contributed by atoms with Gasteiger partial charge in [0.2, 0.25) is 10.0 Å². The zero-order valence-electron chi connectivity index (χ0n) is 13.6. The Hall–Kier alpha value is -3.14. The van der Waals surface area contributed by atoms with Gasteiger partial charge in [-0.3, -0.25) is 28.6 Å². The Labute approximate surface area is 148 Å². The van der Waals surface area contributed by atoms with Crippen LogP contribution >= 0.6 is 0 Å². The molecule has 0 saturated carbocycles. The molecule has 3 N–H and O–H groups in total. The molecule has 0 unspecified atom stereocenters. The summed E-state index contributed by atoms with van der Waals surface area (Å²) < 4.78 is 26.1. The molecule has 9 nitrogen and oxygen atoms in total. The van der Waals surface area contributed by atoms with Crippen LogP contribution in [0.25, 0.3) is 5.69 Å². The second-order valence-corrected chi connectivity index (χ2v) is 8.08. The molecule has 1 aromatic carbocycles. The Morgan fingerprint density at radius 2 is 1.85 bits per heavy atom. The molecule has 0 spiro atoms. The largest absolute Gasteiger partial charge is 0.384 e. The molecule has 0 aliphatic carbocycles. The minimum absolute atomic E-state index is 0.0344. The fourth-order valence-corrected chi connectivity index (χ4v) is 4.35. The summed E-state index contributed by atoms with van der Waals surface area (Å²) in [5, 5.41) is 2.11. The molecule has 4 rings (SSSR count). The number of anilines is 2. The highest BCUT2D eigenvalue weighted by atomic mass is 32.2. The second-order valence-electron chi connectivity index (χ2n) is 6.17. The zero-order chi connectivity index (χ0) is 18.8. The van der Waals surface area contributed by atoms with Crippen LogP contribution < -0.4 is 20.9 Å². The fraction of sp³-hybridized carbons (Fsp3) is 0.188. The molecule has 0 radical (unpaired) electrons. The maximum Gasteiger partial charge on any atom is 0.262 e. The number of pyridine rings is 1. The highest BCUT2D eigenvalue weighted by Crippen LogP contribution is 2.32. The quantitative estimate of drug-likeness (QED) is 0.689. The standard InChI is InChI=1S/C16H14N4O5S/c1-26(24,25)19-5-4-8-6-9(2-3-11(8)19)20-12(21)7-10-13(14(20)17)16(23)18-15(10)22/h2-3,6-7H,4-5,17H2,1H3,(H,18,22,23). The van der Waals surface area contributed by atoms with Crippen molar-refractivity contribution in [3.05, 3.63) is 51.3 Å². The number of aromatic nitrogens is 1. The van der Waals surface area contributed by atoms with Gasteiger partial charge < -0.3 is 5.73 Å². The highest BCUT2D eigenvalue weighted by Gasteiger charge is 2.32. The SMILES string of the molecule is CS(=O)(=O)N1CCc2cc(-n3c(N)c4c(cc3=O)C(=O)NC4=O)ccc21. The van der Waals surface area contributed by atoms with E-state index in [1.807, 2.05) is 0 Å². The number of amides is 2. The van der Waals surface area contributed by atoms with Crippen molar-refractivity contribution in [2.24, 2.45) is 0 Å². The van der Waals surface area contributed by atoms with Crippen molar-refractivity contribution in [2.75, 3.05) is 22.8 Å². The number of benzene rings is 1. The van der Waals surface area contributed by atoms with Crippen molar-refractivity contribution in [3.8, 4) is 5.69 Å². The van der Waals surface area contributed by atoms with Gasteiger partial charge in [-0.15, -0.1) is 0 Å². The molecule has 2 aliphatic heterocycles. The third kappa shape index (κ3) is 2.22. The van der Waals surface area contributed by atoms with Crippen LogP contribution in [0.5, 0.6) is 0 Å².